The Bertz CT molecular complexity index is 268. The molecule has 0 aromatic rings. The number of carbonyl (C=O) groups excluding carboxylic acids is 2. The first-order valence-electron chi connectivity index (χ1n) is 5.28. The molecular formula is C11H18INO4. The number of esters is 1. The SMILES string of the molecule is C=CCOC(=O)N[C@H](CC(C)C)C(=O)OCI. The highest BCUT2D eigenvalue weighted by atomic mass is 127. The Morgan fingerprint density at radius 3 is 2.53 bits per heavy atom. The first-order valence-corrected chi connectivity index (χ1v) is 6.80. The van der Waals surface area contributed by atoms with E-state index in [2.05, 4.69) is 11.9 Å². The van der Waals surface area contributed by atoms with E-state index >= 15 is 0 Å². The predicted octanol–water partition coefficient (Wildman–Crippen LogP) is 2.25. The van der Waals surface area contributed by atoms with Crippen LogP contribution < -0.4 is 5.32 Å². The van der Waals surface area contributed by atoms with Crippen molar-refractivity contribution in [3.63, 3.8) is 0 Å². The van der Waals surface area contributed by atoms with Gasteiger partial charge in [-0.25, -0.2) is 9.59 Å². The van der Waals surface area contributed by atoms with Gasteiger partial charge in [-0.3, -0.25) is 0 Å². The Hall–Kier alpha value is -0.790. The van der Waals surface area contributed by atoms with E-state index in [0.717, 1.165) is 0 Å². The van der Waals surface area contributed by atoms with E-state index in [1.165, 1.54) is 6.08 Å². The summed E-state index contributed by atoms with van der Waals surface area (Å²) in [5.74, 6) is -0.176. The van der Waals surface area contributed by atoms with Crippen molar-refractivity contribution in [2.45, 2.75) is 26.3 Å². The van der Waals surface area contributed by atoms with Crippen LogP contribution in [0.4, 0.5) is 4.79 Å². The van der Waals surface area contributed by atoms with Crippen molar-refractivity contribution in [2.75, 3.05) is 11.2 Å². The van der Waals surface area contributed by atoms with Gasteiger partial charge in [-0.05, 0) is 34.9 Å². The number of amides is 1. The van der Waals surface area contributed by atoms with E-state index < -0.39 is 18.1 Å². The molecule has 0 aliphatic carbocycles. The van der Waals surface area contributed by atoms with Crippen LogP contribution in [0.2, 0.25) is 0 Å². The van der Waals surface area contributed by atoms with Crippen molar-refractivity contribution in [1.82, 2.24) is 5.32 Å². The molecule has 0 unspecified atom stereocenters. The summed E-state index contributed by atoms with van der Waals surface area (Å²) < 4.78 is 9.88. The minimum atomic E-state index is -0.665. The Labute approximate surface area is 115 Å². The maximum atomic E-state index is 11.6. The number of alkyl carbamates (subject to hydrolysis) is 1. The van der Waals surface area contributed by atoms with Crippen LogP contribution in [0.3, 0.4) is 0 Å². The maximum absolute atomic E-state index is 11.6. The minimum Gasteiger partial charge on any atom is -0.453 e. The van der Waals surface area contributed by atoms with E-state index in [0.29, 0.717) is 6.42 Å². The lowest BCUT2D eigenvalue weighted by Gasteiger charge is -2.18. The maximum Gasteiger partial charge on any atom is 0.408 e. The zero-order valence-electron chi connectivity index (χ0n) is 10.1. The molecule has 1 atom stereocenters. The van der Waals surface area contributed by atoms with Crippen LogP contribution in [-0.2, 0) is 14.3 Å². The average molecular weight is 355 g/mol. The summed E-state index contributed by atoms with van der Waals surface area (Å²) in [7, 11) is 0. The van der Waals surface area contributed by atoms with E-state index in [1.54, 1.807) is 0 Å². The quantitative estimate of drug-likeness (QED) is 0.329. The number of alkyl halides is 1. The number of carbonyl (C=O) groups is 2. The Balaban J connectivity index is 4.31. The second-order valence-corrected chi connectivity index (χ2v) is 4.41. The number of nitrogens with one attached hydrogen (secondary N) is 1. The fraction of sp³-hybridized carbons (Fsp3) is 0.636. The van der Waals surface area contributed by atoms with Gasteiger partial charge in [-0.2, -0.15) is 0 Å². The zero-order chi connectivity index (χ0) is 13.3. The molecule has 1 N–H and O–H groups in total. The summed E-state index contributed by atoms with van der Waals surface area (Å²) in [6.45, 7) is 7.46. The number of halogens is 1. The van der Waals surface area contributed by atoms with Crippen molar-refractivity contribution >= 4 is 34.7 Å². The number of hydrogen-bond donors (Lipinski definition) is 1. The molecule has 0 bridgehead atoms. The molecular weight excluding hydrogens is 337 g/mol. The van der Waals surface area contributed by atoms with Crippen molar-refractivity contribution in [3.05, 3.63) is 12.7 Å². The smallest absolute Gasteiger partial charge is 0.408 e. The van der Waals surface area contributed by atoms with Gasteiger partial charge in [0.1, 0.15) is 17.3 Å². The second kappa shape index (κ2) is 9.26. The summed E-state index contributed by atoms with van der Waals surface area (Å²) in [6, 6.07) is -0.665. The Morgan fingerprint density at radius 2 is 2.06 bits per heavy atom. The second-order valence-electron chi connectivity index (χ2n) is 3.79. The number of hydrogen-bond acceptors (Lipinski definition) is 4. The topological polar surface area (TPSA) is 64.6 Å². The molecule has 0 heterocycles. The van der Waals surface area contributed by atoms with Gasteiger partial charge in [0, 0.05) is 0 Å². The van der Waals surface area contributed by atoms with Crippen LogP contribution in [0.15, 0.2) is 12.7 Å². The first-order chi connectivity index (χ1) is 8.01. The van der Waals surface area contributed by atoms with Gasteiger partial charge in [0.25, 0.3) is 0 Å². The lowest BCUT2D eigenvalue weighted by Crippen LogP contribution is -2.42. The molecule has 6 heteroatoms. The standard InChI is InChI=1S/C11H18INO4/c1-4-5-16-11(15)13-9(6-8(2)3)10(14)17-7-12/h4,8-9H,1,5-7H2,2-3H3,(H,13,15)/t9-/m1/s1. The van der Waals surface area contributed by atoms with Crippen LogP contribution >= 0.6 is 22.6 Å². The third-order valence-electron chi connectivity index (χ3n) is 1.81. The lowest BCUT2D eigenvalue weighted by molar-refractivity contribution is -0.143. The van der Waals surface area contributed by atoms with Crippen LogP contribution in [0.25, 0.3) is 0 Å². The highest BCUT2D eigenvalue weighted by Gasteiger charge is 2.23. The van der Waals surface area contributed by atoms with Gasteiger partial charge < -0.3 is 14.8 Å². The molecule has 0 aromatic carbocycles. The van der Waals surface area contributed by atoms with E-state index in [-0.39, 0.29) is 17.1 Å². The van der Waals surface area contributed by atoms with Gasteiger partial charge in [0.2, 0.25) is 0 Å². The molecule has 0 saturated heterocycles. The summed E-state index contributed by atoms with van der Waals surface area (Å²) in [5.41, 5.74) is 0. The van der Waals surface area contributed by atoms with Crippen molar-refractivity contribution in [1.29, 1.82) is 0 Å². The molecule has 0 aliphatic heterocycles. The molecule has 17 heavy (non-hydrogen) atoms. The monoisotopic (exact) mass is 355 g/mol. The first kappa shape index (κ1) is 16.2. The van der Waals surface area contributed by atoms with Crippen LogP contribution in [0, 0.1) is 5.92 Å². The lowest BCUT2D eigenvalue weighted by atomic mass is 10.0. The molecule has 0 rings (SSSR count). The van der Waals surface area contributed by atoms with E-state index in [1.807, 2.05) is 36.4 Å². The molecule has 5 nitrogen and oxygen atoms in total. The van der Waals surface area contributed by atoms with E-state index in [9.17, 15) is 9.59 Å². The molecule has 0 aliphatic rings. The van der Waals surface area contributed by atoms with Gasteiger partial charge in [0.05, 0.1) is 0 Å². The van der Waals surface area contributed by atoms with Crippen molar-refractivity contribution in [2.24, 2.45) is 5.92 Å². The highest BCUT2D eigenvalue weighted by molar-refractivity contribution is 14.1. The number of ether oxygens (including phenoxy) is 2. The average Bonchev–Trinajstić information content (AvgIpc) is 2.25. The summed E-state index contributed by atoms with van der Waals surface area (Å²) in [4.78, 5) is 22.9. The van der Waals surface area contributed by atoms with Gasteiger partial charge >= 0.3 is 12.1 Å². The molecule has 0 spiro atoms. The van der Waals surface area contributed by atoms with Gasteiger partial charge in [-0.1, -0.05) is 26.5 Å². The normalized spacial score (nSPS) is 11.8. The molecule has 0 radical (unpaired) electrons. The van der Waals surface area contributed by atoms with Gasteiger partial charge in [-0.15, -0.1) is 0 Å². The molecule has 0 fully saturated rings. The fourth-order valence-corrected chi connectivity index (χ4v) is 1.47. The minimum absolute atomic E-state index is 0.113. The largest absolute Gasteiger partial charge is 0.453 e. The van der Waals surface area contributed by atoms with Crippen LogP contribution in [0.1, 0.15) is 20.3 Å². The third kappa shape index (κ3) is 8.00. The summed E-state index contributed by atoms with van der Waals surface area (Å²) in [5, 5.41) is 2.48. The van der Waals surface area contributed by atoms with Gasteiger partial charge in [0.15, 0.2) is 0 Å². The Kier molecular flexibility index (Phi) is 8.83. The third-order valence-corrected chi connectivity index (χ3v) is 2.12. The molecule has 1 amide bonds. The van der Waals surface area contributed by atoms with Crippen LogP contribution in [-0.4, -0.2) is 29.3 Å². The summed E-state index contributed by atoms with van der Waals surface area (Å²) in [6.07, 6.45) is 1.33. The van der Waals surface area contributed by atoms with E-state index in [4.69, 9.17) is 9.47 Å². The van der Waals surface area contributed by atoms with Crippen molar-refractivity contribution < 1.29 is 19.1 Å². The van der Waals surface area contributed by atoms with Crippen LogP contribution in [0.5, 0.6) is 0 Å². The number of rotatable bonds is 7. The fourth-order valence-electron chi connectivity index (χ4n) is 1.16. The zero-order valence-corrected chi connectivity index (χ0v) is 12.2. The molecule has 0 saturated carbocycles. The molecule has 0 aromatic heterocycles. The predicted molar refractivity (Wildman–Crippen MR) is 72.9 cm³/mol. The Morgan fingerprint density at radius 1 is 1.41 bits per heavy atom. The molecule has 98 valence electrons. The summed E-state index contributed by atoms with van der Waals surface area (Å²) >= 11 is 1.93. The van der Waals surface area contributed by atoms with Crippen molar-refractivity contribution in [3.8, 4) is 0 Å². The highest BCUT2D eigenvalue weighted by Crippen LogP contribution is 2.07.